The lowest BCUT2D eigenvalue weighted by molar-refractivity contribution is -0.117. The summed E-state index contributed by atoms with van der Waals surface area (Å²) in [6.45, 7) is 6.10. The minimum Gasteiger partial charge on any atom is -0.316 e. The lowest BCUT2D eigenvalue weighted by Gasteiger charge is -2.17. The van der Waals surface area contributed by atoms with Crippen molar-refractivity contribution in [1.29, 1.82) is 0 Å². The average molecular weight is 449 g/mol. The molecule has 0 bridgehead atoms. The Morgan fingerprint density at radius 3 is 2.44 bits per heavy atom. The largest absolute Gasteiger partial charge is 0.316 e. The number of thiophene rings is 1. The van der Waals surface area contributed by atoms with Gasteiger partial charge in [-0.2, -0.15) is 0 Å². The summed E-state index contributed by atoms with van der Waals surface area (Å²) < 4.78 is 0.944. The van der Waals surface area contributed by atoms with Gasteiger partial charge in [-0.05, 0) is 68.6 Å². The number of rotatable bonds is 7. The minimum absolute atomic E-state index is 0.0000363. The summed E-state index contributed by atoms with van der Waals surface area (Å²) in [6, 6.07) is 7.43. The molecule has 0 aliphatic heterocycles. The molecule has 2 aromatic rings. The highest BCUT2D eigenvalue weighted by atomic mass is 79.9. The van der Waals surface area contributed by atoms with Crippen LogP contribution in [0.15, 0.2) is 28.7 Å². The van der Waals surface area contributed by atoms with Crippen molar-refractivity contribution >= 4 is 44.0 Å². The smallest absolute Gasteiger partial charge is 0.239 e. The number of halogens is 1. The molecule has 1 aliphatic rings. The van der Waals surface area contributed by atoms with Crippen molar-refractivity contribution < 1.29 is 9.59 Å². The van der Waals surface area contributed by atoms with Gasteiger partial charge >= 0.3 is 0 Å². The number of benzene rings is 1. The Morgan fingerprint density at radius 2 is 1.78 bits per heavy atom. The molecule has 1 heterocycles. The standard InChI is InChI=1S/C21H25BrN2O2S/c1-3-24(4-2)13-18(25)23-21-19(16-7-5-6-8-17(16)27-21)20(26)14-9-11-15(22)12-10-14/h9-12H,3-8,13H2,1-2H3,(H,23,25). The maximum Gasteiger partial charge on any atom is 0.239 e. The zero-order valence-corrected chi connectivity index (χ0v) is 18.2. The number of carbonyl (C=O) groups excluding carboxylic acids is 2. The number of carbonyl (C=O) groups is 2. The van der Waals surface area contributed by atoms with Gasteiger partial charge in [0.15, 0.2) is 5.78 Å². The predicted molar refractivity (Wildman–Crippen MR) is 115 cm³/mol. The highest BCUT2D eigenvalue weighted by molar-refractivity contribution is 9.10. The number of aryl methyl sites for hydroxylation is 1. The van der Waals surface area contributed by atoms with E-state index in [1.54, 1.807) is 11.3 Å². The first-order valence-electron chi connectivity index (χ1n) is 9.50. The first-order valence-corrected chi connectivity index (χ1v) is 11.1. The lowest BCUT2D eigenvalue weighted by Crippen LogP contribution is -2.33. The van der Waals surface area contributed by atoms with Gasteiger partial charge in [0.05, 0.1) is 12.1 Å². The van der Waals surface area contributed by atoms with Crippen molar-refractivity contribution in [1.82, 2.24) is 4.90 Å². The fourth-order valence-electron chi connectivity index (χ4n) is 3.46. The molecule has 1 aliphatic carbocycles. The van der Waals surface area contributed by atoms with E-state index in [0.29, 0.717) is 22.7 Å². The second-order valence-corrected chi connectivity index (χ2v) is 8.78. The van der Waals surface area contributed by atoms with Gasteiger partial charge < -0.3 is 5.32 Å². The van der Waals surface area contributed by atoms with E-state index in [1.807, 2.05) is 38.1 Å². The monoisotopic (exact) mass is 448 g/mol. The normalized spacial score (nSPS) is 13.5. The van der Waals surface area contributed by atoms with Crippen LogP contribution in [0.3, 0.4) is 0 Å². The summed E-state index contributed by atoms with van der Waals surface area (Å²) >= 11 is 4.99. The Labute approximate surface area is 173 Å². The van der Waals surface area contributed by atoms with Crippen LogP contribution in [-0.2, 0) is 17.6 Å². The van der Waals surface area contributed by atoms with Crippen LogP contribution >= 0.6 is 27.3 Å². The predicted octanol–water partition coefficient (Wildman–Crippen LogP) is 4.90. The molecule has 0 saturated carbocycles. The van der Waals surface area contributed by atoms with Gasteiger partial charge in [0.2, 0.25) is 5.91 Å². The van der Waals surface area contributed by atoms with Crippen molar-refractivity contribution in [2.45, 2.75) is 39.5 Å². The third-order valence-electron chi connectivity index (χ3n) is 5.02. The molecule has 3 rings (SSSR count). The van der Waals surface area contributed by atoms with Crippen molar-refractivity contribution in [3.8, 4) is 0 Å². The molecule has 0 radical (unpaired) electrons. The van der Waals surface area contributed by atoms with Gasteiger partial charge in [0.25, 0.3) is 0 Å². The number of nitrogens with zero attached hydrogens (tertiary/aromatic N) is 1. The average Bonchev–Trinajstić information content (AvgIpc) is 3.03. The molecule has 1 N–H and O–H groups in total. The van der Waals surface area contributed by atoms with Crippen LogP contribution in [0.25, 0.3) is 0 Å². The van der Waals surface area contributed by atoms with E-state index in [2.05, 4.69) is 26.1 Å². The summed E-state index contributed by atoms with van der Waals surface area (Å²) in [7, 11) is 0. The van der Waals surface area contributed by atoms with E-state index < -0.39 is 0 Å². The Kier molecular flexibility index (Phi) is 6.84. The van der Waals surface area contributed by atoms with Crippen LogP contribution in [-0.4, -0.2) is 36.2 Å². The van der Waals surface area contributed by atoms with E-state index >= 15 is 0 Å². The molecular formula is C21H25BrN2O2S. The highest BCUT2D eigenvalue weighted by Crippen LogP contribution is 2.39. The molecule has 1 aromatic carbocycles. The fraction of sp³-hybridized carbons (Fsp3) is 0.429. The van der Waals surface area contributed by atoms with Crippen molar-refractivity contribution in [3.63, 3.8) is 0 Å². The van der Waals surface area contributed by atoms with E-state index in [-0.39, 0.29) is 11.7 Å². The minimum atomic E-state index is -0.0536. The molecule has 144 valence electrons. The number of amides is 1. The van der Waals surface area contributed by atoms with Crippen LogP contribution in [0, 0.1) is 0 Å². The molecule has 4 nitrogen and oxygen atoms in total. The molecule has 0 spiro atoms. The van der Waals surface area contributed by atoms with Crippen LogP contribution in [0.2, 0.25) is 0 Å². The summed E-state index contributed by atoms with van der Waals surface area (Å²) in [6.07, 6.45) is 4.14. The quantitative estimate of drug-likeness (QED) is 0.612. The molecule has 0 fully saturated rings. The second-order valence-electron chi connectivity index (χ2n) is 6.76. The van der Waals surface area contributed by atoms with Gasteiger partial charge in [-0.25, -0.2) is 0 Å². The Bertz CT molecular complexity index is 825. The Hall–Kier alpha value is -1.50. The van der Waals surface area contributed by atoms with Crippen LogP contribution < -0.4 is 5.32 Å². The van der Waals surface area contributed by atoms with Gasteiger partial charge in [0, 0.05) is 14.9 Å². The molecule has 1 aromatic heterocycles. The van der Waals surface area contributed by atoms with Crippen molar-refractivity contribution in [2.75, 3.05) is 25.0 Å². The van der Waals surface area contributed by atoms with Crippen LogP contribution in [0.5, 0.6) is 0 Å². The molecule has 0 saturated heterocycles. The third-order valence-corrected chi connectivity index (χ3v) is 6.76. The first kappa shape index (κ1) is 20.2. The number of hydrogen-bond donors (Lipinski definition) is 1. The van der Waals surface area contributed by atoms with Gasteiger partial charge in [-0.15, -0.1) is 11.3 Å². The van der Waals surface area contributed by atoms with Gasteiger partial charge in [-0.1, -0.05) is 29.8 Å². The highest BCUT2D eigenvalue weighted by Gasteiger charge is 2.27. The zero-order valence-electron chi connectivity index (χ0n) is 15.8. The molecular weight excluding hydrogens is 424 g/mol. The Balaban J connectivity index is 1.92. The summed E-state index contributed by atoms with van der Waals surface area (Å²) in [4.78, 5) is 29.1. The maximum absolute atomic E-state index is 13.3. The number of ketones is 1. The molecule has 6 heteroatoms. The lowest BCUT2D eigenvalue weighted by atomic mass is 9.92. The van der Waals surface area contributed by atoms with Crippen LogP contribution in [0.4, 0.5) is 5.00 Å². The molecule has 27 heavy (non-hydrogen) atoms. The van der Waals surface area contributed by atoms with E-state index in [1.165, 1.54) is 4.88 Å². The van der Waals surface area contributed by atoms with E-state index in [0.717, 1.165) is 48.8 Å². The number of anilines is 1. The van der Waals surface area contributed by atoms with Crippen LogP contribution in [0.1, 0.15) is 53.1 Å². The fourth-order valence-corrected chi connectivity index (χ4v) is 5.02. The summed E-state index contributed by atoms with van der Waals surface area (Å²) in [5.74, 6) is -0.0535. The number of hydrogen-bond acceptors (Lipinski definition) is 4. The third kappa shape index (κ3) is 4.68. The number of likely N-dealkylation sites (N-methyl/N-ethyl adjacent to an activating group) is 1. The Morgan fingerprint density at radius 1 is 1.11 bits per heavy atom. The molecule has 0 atom stereocenters. The van der Waals surface area contributed by atoms with Crippen molar-refractivity contribution in [2.24, 2.45) is 0 Å². The summed E-state index contributed by atoms with van der Waals surface area (Å²) in [5.41, 5.74) is 2.49. The van der Waals surface area contributed by atoms with Crippen molar-refractivity contribution in [3.05, 3.63) is 50.3 Å². The maximum atomic E-state index is 13.3. The molecule has 1 amide bonds. The number of nitrogens with one attached hydrogen (secondary N) is 1. The van der Waals surface area contributed by atoms with E-state index in [4.69, 9.17) is 0 Å². The van der Waals surface area contributed by atoms with E-state index in [9.17, 15) is 9.59 Å². The number of fused-ring (bicyclic) bond motifs is 1. The second kappa shape index (κ2) is 9.13. The SMILES string of the molecule is CCN(CC)CC(=O)Nc1sc2c(c1C(=O)c1ccc(Br)cc1)CCCC2. The molecule has 0 unspecified atom stereocenters. The van der Waals surface area contributed by atoms with Gasteiger partial charge in [-0.3, -0.25) is 14.5 Å². The van der Waals surface area contributed by atoms with Gasteiger partial charge in [0.1, 0.15) is 5.00 Å². The topological polar surface area (TPSA) is 49.4 Å². The zero-order chi connectivity index (χ0) is 19.4. The first-order chi connectivity index (χ1) is 13.0. The summed E-state index contributed by atoms with van der Waals surface area (Å²) in [5, 5.41) is 3.75.